The predicted molar refractivity (Wildman–Crippen MR) is 102 cm³/mol. The molecule has 1 aromatic rings. The SMILES string of the molecule is CC1(N)CCCCC1C(=O)NC1CCCN(c2ccccc2)C1=O.Cl. The second-order valence-corrected chi connectivity index (χ2v) is 7.33. The number of anilines is 1. The number of hydrogen-bond donors (Lipinski definition) is 2. The summed E-state index contributed by atoms with van der Waals surface area (Å²) in [5.41, 5.74) is 6.74. The lowest BCUT2D eigenvalue weighted by atomic mass is 9.74. The van der Waals surface area contributed by atoms with Crippen molar-refractivity contribution in [1.29, 1.82) is 0 Å². The van der Waals surface area contributed by atoms with Gasteiger partial charge in [-0.15, -0.1) is 12.4 Å². The molecule has 138 valence electrons. The van der Waals surface area contributed by atoms with Gasteiger partial charge in [-0.05, 0) is 44.7 Å². The number of carbonyl (C=O) groups is 2. The number of carbonyl (C=O) groups excluding carboxylic acids is 2. The highest BCUT2D eigenvalue weighted by Crippen LogP contribution is 2.32. The molecular formula is C19H28ClN3O2. The third kappa shape index (κ3) is 4.33. The van der Waals surface area contributed by atoms with E-state index in [1.807, 2.05) is 37.3 Å². The van der Waals surface area contributed by atoms with Crippen LogP contribution in [0.15, 0.2) is 30.3 Å². The van der Waals surface area contributed by atoms with Crippen LogP contribution in [-0.4, -0.2) is 29.9 Å². The molecule has 1 saturated carbocycles. The molecule has 2 fully saturated rings. The second kappa shape index (κ2) is 8.19. The normalized spacial score (nSPS) is 29.7. The summed E-state index contributed by atoms with van der Waals surface area (Å²) in [6.45, 7) is 2.66. The van der Waals surface area contributed by atoms with Crippen molar-refractivity contribution in [2.24, 2.45) is 11.7 Å². The molecule has 3 N–H and O–H groups in total. The smallest absolute Gasteiger partial charge is 0.249 e. The van der Waals surface area contributed by atoms with Crippen molar-refractivity contribution in [3.8, 4) is 0 Å². The first-order chi connectivity index (χ1) is 11.5. The molecule has 3 atom stereocenters. The minimum absolute atomic E-state index is 0. The summed E-state index contributed by atoms with van der Waals surface area (Å²) < 4.78 is 0. The number of halogens is 1. The van der Waals surface area contributed by atoms with Crippen LogP contribution >= 0.6 is 12.4 Å². The molecule has 0 bridgehead atoms. The van der Waals surface area contributed by atoms with Gasteiger partial charge >= 0.3 is 0 Å². The van der Waals surface area contributed by atoms with E-state index in [2.05, 4.69) is 5.32 Å². The molecule has 0 spiro atoms. The van der Waals surface area contributed by atoms with Gasteiger partial charge in [0.2, 0.25) is 11.8 Å². The van der Waals surface area contributed by atoms with Gasteiger partial charge in [-0.25, -0.2) is 0 Å². The first-order valence-corrected chi connectivity index (χ1v) is 8.95. The Hall–Kier alpha value is -1.59. The Morgan fingerprint density at radius 3 is 2.60 bits per heavy atom. The van der Waals surface area contributed by atoms with E-state index in [9.17, 15) is 9.59 Å². The van der Waals surface area contributed by atoms with Crippen molar-refractivity contribution in [1.82, 2.24) is 5.32 Å². The van der Waals surface area contributed by atoms with Gasteiger partial charge in [-0.1, -0.05) is 31.0 Å². The molecule has 1 aliphatic carbocycles. The third-order valence-electron chi connectivity index (χ3n) is 5.39. The molecular weight excluding hydrogens is 338 g/mol. The molecule has 1 heterocycles. The van der Waals surface area contributed by atoms with Crippen LogP contribution < -0.4 is 16.0 Å². The topological polar surface area (TPSA) is 75.4 Å². The van der Waals surface area contributed by atoms with E-state index < -0.39 is 11.6 Å². The first kappa shape index (κ1) is 19.7. The van der Waals surface area contributed by atoms with Crippen molar-refractivity contribution in [2.75, 3.05) is 11.4 Å². The fourth-order valence-electron chi connectivity index (χ4n) is 3.93. The number of rotatable bonds is 3. The molecule has 6 heteroatoms. The molecule has 0 radical (unpaired) electrons. The zero-order chi connectivity index (χ0) is 17.2. The summed E-state index contributed by atoms with van der Waals surface area (Å²) >= 11 is 0. The summed E-state index contributed by atoms with van der Waals surface area (Å²) in [4.78, 5) is 27.3. The number of nitrogens with zero attached hydrogens (tertiary/aromatic N) is 1. The largest absolute Gasteiger partial charge is 0.344 e. The number of nitrogens with one attached hydrogen (secondary N) is 1. The zero-order valence-corrected chi connectivity index (χ0v) is 15.6. The molecule has 2 aliphatic rings. The standard InChI is InChI=1S/C19H27N3O2.ClH/c1-19(20)12-6-5-10-15(19)17(23)21-16-11-7-13-22(18(16)24)14-8-3-2-4-9-14;/h2-4,8-9,15-16H,5-7,10-13,20H2,1H3,(H,21,23);1H. The minimum Gasteiger partial charge on any atom is -0.344 e. The fraction of sp³-hybridized carbons (Fsp3) is 0.579. The summed E-state index contributed by atoms with van der Waals surface area (Å²) in [7, 11) is 0. The summed E-state index contributed by atoms with van der Waals surface area (Å²) in [5, 5.41) is 2.98. The van der Waals surface area contributed by atoms with E-state index in [1.54, 1.807) is 4.90 Å². The molecule has 2 amide bonds. The van der Waals surface area contributed by atoms with Crippen LogP contribution in [0.4, 0.5) is 5.69 Å². The molecule has 0 aromatic heterocycles. The van der Waals surface area contributed by atoms with Gasteiger partial charge in [0.25, 0.3) is 0 Å². The second-order valence-electron chi connectivity index (χ2n) is 7.33. The maximum Gasteiger partial charge on any atom is 0.249 e. The first-order valence-electron chi connectivity index (χ1n) is 8.95. The van der Waals surface area contributed by atoms with Crippen LogP contribution in [0.1, 0.15) is 45.4 Å². The van der Waals surface area contributed by atoms with Crippen molar-refractivity contribution >= 4 is 29.9 Å². The van der Waals surface area contributed by atoms with Crippen molar-refractivity contribution in [3.05, 3.63) is 30.3 Å². The van der Waals surface area contributed by atoms with E-state index in [4.69, 9.17) is 5.73 Å². The monoisotopic (exact) mass is 365 g/mol. The van der Waals surface area contributed by atoms with Gasteiger partial charge in [-0.3, -0.25) is 9.59 Å². The fourth-order valence-corrected chi connectivity index (χ4v) is 3.93. The van der Waals surface area contributed by atoms with Gasteiger partial charge in [0.05, 0.1) is 5.92 Å². The van der Waals surface area contributed by atoms with Gasteiger partial charge in [0, 0.05) is 17.8 Å². The highest BCUT2D eigenvalue weighted by molar-refractivity contribution is 6.00. The van der Waals surface area contributed by atoms with E-state index >= 15 is 0 Å². The highest BCUT2D eigenvalue weighted by Gasteiger charge is 2.40. The average Bonchev–Trinajstić information content (AvgIpc) is 2.57. The van der Waals surface area contributed by atoms with E-state index in [1.165, 1.54) is 0 Å². The van der Waals surface area contributed by atoms with Gasteiger partial charge in [0.15, 0.2) is 0 Å². The number of nitrogens with two attached hydrogens (primary N) is 1. The number of amides is 2. The summed E-state index contributed by atoms with van der Waals surface area (Å²) in [6.07, 6.45) is 5.35. The van der Waals surface area contributed by atoms with Gasteiger partial charge < -0.3 is 16.0 Å². The van der Waals surface area contributed by atoms with Crippen LogP contribution in [-0.2, 0) is 9.59 Å². The van der Waals surface area contributed by atoms with E-state index in [-0.39, 0.29) is 30.1 Å². The van der Waals surface area contributed by atoms with Crippen LogP contribution in [0.5, 0.6) is 0 Å². The number of benzene rings is 1. The molecule has 1 aliphatic heterocycles. The van der Waals surface area contributed by atoms with Crippen molar-refractivity contribution in [2.45, 2.75) is 57.0 Å². The lowest BCUT2D eigenvalue weighted by molar-refractivity contribution is -0.133. The number of hydrogen-bond acceptors (Lipinski definition) is 3. The van der Waals surface area contributed by atoms with Crippen molar-refractivity contribution in [3.63, 3.8) is 0 Å². The average molecular weight is 366 g/mol. The van der Waals surface area contributed by atoms with E-state index in [0.29, 0.717) is 13.0 Å². The zero-order valence-electron chi connectivity index (χ0n) is 14.7. The number of piperidine rings is 1. The lowest BCUT2D eigenvalue weighted by Gasteiger charge is -2.39. The Labute approximate surface area is 155 Å². The maximum atomic E-state index is 12.8. The summed E-state index contributed by atoms with van der Waals surface area (Å²) in [6, 6.07) is 9.20. The molecule has 1 saturated heterocycles. The van der Waals surface area contributed by atoms with E-state index in [0.717, 1.165) is 37.8 Å². The molecule has 5 nitrogen and oxygen atoms in total. The quantitative estimate of drug-likeness (QED) is 0.864. The van der Waals surface area contributed by atoms with Crippen LogP contribution in [0, 0.1) is 5.92 Å². The molecule has 25 heavy (non-hydrogen) atoms. The maximum absolute atomic E-state index is 12.8. The third-order valence-corrected chi connectivity index (χ3v) is 5.39. The van der Waals surface area contributed by atoms with Crippen LogP contribution in [0.3, 0.4) is 0 Å². The predicted octanol–water partition coefficient (Wildman–Crippen LogP) is 2.63. The summed E-state index contributed by atoms with van der Waals surface area (Å²) in [5.74, 6) is -0.283. The Bertz CT molecular complexity index is 606. The Balaban J connectivity index is 0.00000225. The molecule has 3 rings (SSSR count). The molecule has 1 aromatic carbocycles. The van der Waals surface area contributed by atoms with Gasteiger partial charge in [0.1, 0.15) is 6.04 Å². The number of para-hydroxylation sites is 1. The van der Waals surface area contributed by atoms with Crippen molar-refractivity contribution < 1.29 is 9.59 Å². The Morgan fingerprint density at radius 1 is 1.20 bits per heavy atom. The Morgan fingerprint density at radius 2 is 1.92 bits per heavy atom. The minimum atomic E-state index is -0.473. The lowest BCUT2D eigenvalue weighted by Crippen LogP contribution is -2.58. The van der Waals surface area contributed by atoms with Crippen LogP contribution in [0.25, 0.3) is 0 Å². The Kier molecular flexibility index (Phi) is 6.47. The molecule has 3 unspecified atom stereocenters. The van der Waals surface area contributed by atoms with Crippen LogP contribution in [0.2, 0.25) is 0 Å². The van der Waals surface area contributed by atoms with Gasteiger partial charge in [-0.2, -0.15) is 0 Å². The highest BCUT2D eigenvalue weighted by atomic mass is 35.5.